The van der Waals surface area contributed by atoms with Crippen molar-refractivity contribution in [1.82, 2.24) is 4.31 Å². The standard InChI is InChI=1S/C12H18ClNO4S/c1-8-7-14(4-5-17-8)19(15,16)12-10(3)18-9(2)11(12)6-13/h8H,4-7H2,1-3H3. The van der Waals surface area contributed by atoms with Crippen LogP contribution in [0.2, 0.25) is 0 Å². The minimum Gasteiger partial charge on any atom is -0.465 e. The summed E-state index contributed by atoms with van der Waals surface area (Å²) in [6.45, 7) is 6.36. The summed E-state index contributed by atoms with van der Waals surface area (Å²) in [5.41, 5.74) is 0.554. The van der Waals surface area contributed by atoms with Gasteiger partial charge in [-0.25, -0.2) is 8.42 Å². The van der Waals surface area contributed by atoms with E-state index in [0.717, 1.165) is 0 Å². The van der Waals surface area contributed by atoms with Crippen LogP contribution in [0, 0.1) is 13.8 Å². The molecule has 2 rings (SSSR count). The molecule has 1 fully saturated rings. The second kappa shape index (κ2) is 5.44. The Morgan fingerprint density at radius 3 is 2.63 bits per heavy atom. The third-order valence-corrected chi connectivity index (χ3v) is 5.59. The Hall–Kier alpha value is -0.560. The van der Waals surface area contributed by atoms with Crippen LogP contribution in [0.1, 0.15) is 24.0 Å². The van der Waals surface area contributed by atoms with E-state index in [4.69, 9.17) is 20.8 Å². The molecular weight excluding hydrogens is 290 g/mol. The lowest BCUT2D eigenvalue weighted by molar-refractivity contribution is 0.0101. The Morgan fingerprint density at radius 2 is 2.05 bits per heavy atom. The average Bonchev–Trinajstić information content (AvgIpc) is 2.64. The number of furan rings is 1. The molecule has 1 saturated heterocycles. The van der Waals surface area contributed by atoms with Gasteiger partial charge in [0, 0.05) is 18.7 Å². The fraction of sp³-hybridized carbons (Fsp3) is 0.667. The maximum absolute atomic E-state index is 12.7. The van der Waals surface area contributed by atoms with Crippen LogP contribution in [-0.2, 0) is 20.6 Å². The van der Waals surface area contributed by atoms with E-state index >= 15 is 0 Å². The van der Waals surface area contributed by atoms with Gasteiger partial charge in [-0.1, -0.05) is 0 Å². The second-order valence-electron chi connectivity index (χ2n) is 4.70. The number of hydrogen-bond donors (Lipinski definition) is 0. The van der Waals surface area contributed by atoms with Gasteiger partial charge < -0.3 is 9.15 Å². The Morgan fingerprint density at radius 1 is 1.37 bits per heavy atom. The van der Waals surface area contributed by atoms with Crippen LogP contribution in [0.25, 0.3) is 0 Å². The van der Waals surface area contributed by atoms with E-state index in [1.165, 1.54) is 4.31 Å². The van der Waals surface area contributed by atoms with Crippen molar-refractivity contribution in [2.45, 2.75) is 37.7 Å². The molecule has 0 bridgehead atoms. The van der Waals surface area contributed by atoms with Gasteiger partial charge >= 0.3 is 0 Å². The van der Waals surface area contributed by atoms with Crippen LogP contribution in [0.4, 0.5) is 0 Å². The minimum atomic E-state index is -3.57. The van der Waals surface area contributed by atoms with Crippen molar-refractivity contribution < 1.29 is 17.6 Å². The highest BCUT2D eigenvalue weighted by molar-refractivity contribution is 7.89. The monoisotopic (exact) mass is 307 g/mol. The van der Waals surface area contributed by atoms with Crippen LogP contribution in [0.3, 0.4) is 0 Å². The highest BCUT2D eigenvalue weighted by Gasteiger charge is 2.34. The first kappa shape index (κ1) is 14.8. The van der Waals surface area contributed by atoms with E-state index in [1.54, 1.807) is 13.8 Å². The highest BCUT2D eigenvalue weighted by Crippen LogP contribution is 2.31. The first-order chi connectivity index (χ1) is 8.87. The summed E-state index contributed by atoms with van der Waals surface area (Å²) in [5.74, 6) is 1.08. The Kier molecular flexibility index (Phi) is 4.25. The predicted octanol–water partition coefficient (Wildman–Crippen LogP) is 2.04. The molecule has 2 heterocycles. The molecule has 1 aromatic heterocycles. The maximum atomic E-state index is 12.7. The van der Waals surface area contributed by atoms with Gasteiger partial charge in [0.15, 0.2) is 0 Å². The zero-order valence-corrected chi connectivity index (χ0v) is 12.8. The Bertz CT molecular complexity index is 567. The molecule has 0 radical (unpaired) electrons. The fourth-order valence-electron chi connectivity index (χ4n) is 2.34. The van der Waals surface area contributed by atoms with E-state index in [-0.39, 0.29) is 16.9 Å². The van der Waals surface area contributed by atoms with E-state index in [0.29, 0.717) is 36.8 Å². The van der Waals surface area contributed by atoms with Crippen molar-refractivity contribution in [3.63, 3.8) is 0 Å². The highest BCUT2D eigenvalue weighted by atomic mass is 35.5. The Balaban J connectivity index is 2.44. The summed E-state index contributed by atoms with van der Waals surface area (Å²) in [6.07, 6.45) is -0.101. The lowest BCUT2D eigenvalue weighted by Crippen LogP contribution is -2.44. The first-order valence-electron chi connectivity index (χ1n) is 6.14. The SMILES string of the molecule is Cc1oc(C)c(S(=O)(=O)N2CCOC(C)C2)c1CCl. The normalized spacial score (nSPS) is 21.8. The third kappa shape index (κ3) is 2.67. The molecule has 0 N–H and O–H groups in total. The van der Waals surface area contributed by atoms with E-state index in [2.05, 4.69) is 0 Å². The number of halogens is 1. The predicted molar refractivity (Wildman–Crippen MR) is 71.9 cm³/mol. The zero-order valence-electron chi connectivity index (χ0n) is 11.3. The summed E-state index contributed by atoms with van der Waals surface area (Å²) in [7, 11) is -3.57. The molecule has 0 aliphatic carbocycles. The summed E-state index contributed by atoms with van der Waals surface area (Å²) in [5, 5.41) is 0. The topological polar surface area (TPSA) is 59.8 Å². The number of nitrogens with zero attached hydrogens (tertiary/aromatic N) is 1. The molecule has 0 spiro atoms. The molecule has 0 saturated carbocycles. The molecular formula is C12H18ClNO4S. The first-order valence-corrected chi connectivity index (χ1v) is 8.12. The van der Waals surface area contributed by atoms with E-state index in [9.17, 15) is 8.42 Å². The van der Waals surface area contributed by atoms with Gasteiger partial charge in [0.1, 0.15) is 16.4 Å². The maximum Gasteiger partial charge on any atom is 0.247 e. The van der Waals surface area contributed by atoms with Crippen LogP contribution in [0.15, 0.2) is 9.31 Å². The number of aryl methyl sites for hydroxylation is 2. The molecule has 7 heteroatoms. The van der Waals surface area contributed by atoms with Crippen molar-refractivity contribution in [2.24, 2.45) is 0 Å². The molecule has 1 aromatic rings. The average molecular weight is 308 g/mol. The zero-order chi connectivity index (χ0) is 14.2. The number of alkyl halides is 1. The van der Waals surface area contributed by atoms with Gasteiger partial charge in [-0.15, -0.1) is 11.6 Å². The van der Waals surface area contributed by atoms with Gasteiger partial charge in [0.05, 0.1) is 18.6 Å². The van der Waals surface area contributed by atoms with Gasteiger partial charge in [-0.3, -0.25) is 0 Å². The van der Waals surface area contributed by atoms with Gasteiger partial charge in [-0.05, 0) is 20.8 Å². The van der Waals surface area contributed by atoms with Gasteiger partial charge in [0.2, 0.25) is 10.0 Å². The summed E-state index contributed by atoms with van der Waals surface area (Å²) in [6, 6.07) is 0. The van der Waals surface area contributed by atoms with Crippen LogP contribution in [-0.4, -0.2) is 38.5 Å². The van der Waals surface area contributed by atoms with Crippen molar-refractivity contribution in [3.8, 4) is 0 Å². The number of morpholine rings is 1. The van der Waals surface area contributed by atoms with Crippen LogP contribution in [0.5, 0.6) is 0 Å². The number of ether oxygens (including phenoxy) is 1. The Labute approximate surface area is 118 Å². The molecule has 1 aliphatic rings. The van der Waals surface area contributed by atoms with Crippen LogP contribution < -0.4 is 0 Å². The molecule has 0 aromatic carbocycles. The fourth-order valence-corrected chi connectivity index (χ4v) is 4.65. The summed E-state index contributed by atoms with van der Waals surface area (Å²) >= 11 is 5.86. The van der Waals surface area contributed by atoms with Crippen molar-refractivity contribution in [3.05, 3.63) is 17.1 Å². The summed E-state index contributed by atoms with van der Waals surface area (Å²) < 4.78 is 37.6. The lowest BCUT2D eigenvalue weighted by Gasteiger charge is -2.30. The van der Waals surface area contributed by atoms with Gasteiger partial charge in [-0.2, -0.15) is 4.31 Å². The third-order valence-electron chi connectivity index (χ3n) is 3.26. The molecule has 1 aliphatic heterocycles. The molecule has 1 unspecified atom stereocenters. The largest absolute Gasteiger partial charge is 0.465 e. The molecule has 19 heavy (non-hydrogen) atoms. The van der Waals surface area contributed by atoms with Crippen molar-refractivity contribution in [2.75, 3.05) is 19.7 Å². The van der Waals surface area contributed by atoms with Crippen molar-refractivity contribution >= 4 is 21.6 Å². The van der Waals surface area contributed by atoms with E-state index in [1.807, 2.05) is 6.92 Å². The quantitative estimate of drug-likeness (QED) is 0.802. The number of sulfonamides is 1. The summed E-state index contributed by atoms with van der Waals surface area (Å²) in [4.78, 5) is 0.217. The van der Waals surface area contributed by atoms with Gasteiger partial charge in [0.25, 0.3) is 0 Å². The molecule has 1 atom stereocenters. The lowest BCUT2D eigenvalue weighted by atomic mass is 10.3. The number of rotatable bonds is 3. The molecule has 0 amide bonds. The second-order valence-corrected chi connectivity index (χ2v) is 6.84. The smallest absolute Gasteiger partial charge is 0.247 e. The number of hydrogen-bond acceptors (Lipinski definition) is 4. The van der Waals surface area contributed by atoms with Crippen LogP contribution >= 0.6 is 11.6 Å². The molecule has 108 valence electrons. The molecule has 5 nitrogen and oxygen atoms in total. The van der Waals surface area contributed by atoms with Crippen molar-refractivity contribution in [1.29, 1.82) is 0 Å². The van der Waals surface area contributed by atoms with E-state index < -0.39 is 10.0 Å². The minimum absolute atomic E-state index is 0.101.